The summed E-state index contributed by atoms with van der Waals surface area (Å²) in [4.78, 5) is 13.4. The molecule has 0 spiro atoms. The predicted molar refractivity (Wildman–Crippen MR) is 75.7 cm³/mol. The third-order valence-corrected chi connectivity index (χ3v) is 4.48. The Hall–Kier alpha value is -1.39. The molecule has 1 aromatic carbocycles. The lowest BCUT2D eigenvalue weighted by Crippen LogP contribution is -2.45. The zero-order valence-corrected chi connectivity index (χ0v) is 11.8. The van der Waals surface area contributed by atoms with E-state index in [1.54, 1.807) is 12.1 Å². The first-order valence-corrected chi connectivity index (χ1v) is 7.34. The van der Waals surface area contributed by atoms with E-state index in [0.29, 0.717) is 11.8 Å². The number of rotatable bonds is 2. The van der Waals surface area contributed by atoms with Crippen LogP contribution in [0.1, 0.15) is 37.7 Å². The van der Waals surface area contributed by atoms with Gasteiger partial charge in [-0.3, -0.25) is 9.69 Å². The largest absolute Gasteiger partial charge is 0.427 e. The van der Waals surface area contributed by atoms with Crippen LogP contribution in [-0.4, -0.2) is 41.2 Å². The quantitative estimate of drug-likeness (QED) is 0.662. The summed E-state index contributed by atoms with van der Waals surface area (Å²) in [6, 6.07) is 8.10. The lowest BCUT2D eigenvalue weighted by Gasteiger charge is -2.38. The van der Waals surface area contributed by atoms with Gasteiger partial charge in [-0.05, 0) is 43.5 Å². The van der Waals surface area contributed by atoms with Gasteiger partial charge >= 0.3 is 5.97 Å². The Kier molecular flexibility index (Phi) is 3.76. The molecule has 4 nitrogen and oxygen atoms in total. The molecule has 3 rings (SSSR count). The van der Waals surface area contributed by atoms with Gasteiger partial charge in [0, 0.05) is 25.4 Å². The molecule has 108 valence electrons. The minimum Gasteiger partial charge on any atom is -0.427 e. The van der Waals surface area contributed by atoms with Crippen LogP contribution in [0.3, 0.4) is 0 Å². The van der Waals surface area contributed by atoms with Gasteiger partial charge < -0.3 is 9.84 Å². The molecule has 0 aromatic heterocycles. The minimum absolute atomic E-state index is 0.163. The molecule has 0 aliphatic carbocycles. The smallest absolute Gasteiger partial charge is 0.308 e. The van der Waals surface area contributed by atoms with Crippen molar-refractivity contribution in [2.24, 2.45) is 0 Å². The average Bonchev–Trinajstić information content (AvgIpc) is 2.85. The van der Waals surface area contributed by atoms with Crippen LogP contribution < -0.4 is 4.74 Å². The van der Waals surface area contributed by atoms with Crippen molar-refractivity contribution in [2.45, 2.75) is 44.2 Å². The molecule has 1 aromatic rings. The Bertz CT molecular complexity index is 485. The van der Waals surface area contributed by atoms with Crippen LogP contribution in [0.15, 0.2) is 24.3 Å². The fourth-order valence-corrected chi connectivity index (χ4v) is 3.50. The van der Waals surface area contributed by atoms with Gasteiger partial charge in [-0.25, -0.2) is 0 Å². The van der Waals surface area contributed by atoms with Crippen LogP contribution in [0.4, 0.5) is 0 Å². The molecule has 2 fully saturated rings. The second kappa shape index (κ2) is 5.54. The number of hydrogen-bond donors (Lipinski definition) is 1. The van der Waals surface area contributed by atoms with Crippen molar-refractivity contribution < 1.29 is 14.6 Å². The van der Waals surface area contributed by atoms with Gasteiger partial charge in [0.1, 0.15) is 5.75 Å². The highest BCUT2D eigenvalue weighted by Crippen LogP contribution is 2.35. The number of carbonyl (C=O) groups is 1. The zero-order chi connectivity index (χ0) is 14.1. The van der Waals surface area contributed by atoms with Gasteiger partial charge in [0.05, 0.1) is 6.10 Å². The second-order valence-corrected chi connectivity index (χ2v) is 5.86. The van der Waals surface area contributed by atoms with E-state index in [1.165, 1.54) is 19.8 Å². The number of aliphatic hydroxyl groups is 1. The highest BCUT2D eigenvalue weighted by molar-refractivity contribution is 5.69. The molecule has 0 amide bonds. The number of hydrogen-bond acceptors (Lipinski definition) is 4. The summed E-state index contributed by atoms with van der Waals surface area (Å²) in [6.45, 7) is 3.48. The number of carbonyl (C=O) groups excluding carboxylic acids is 1. The molecule has 2 aliphatic rings. The van der Waals surface area contributed by atoms with Crippen molar-refractivity contribution in [3.8, 4) is 5.75 Å². The van der Waals surface area contributed by atoms with Gasteiger partial charge in [0.2, 0.25) is 0 Å². The van der Waals surface area contributed by atoms with Crippen LogP contribution in [0, 0.1) is 0 Å². The van der Waals surface area contributed by atoms with Gasteiger partial charge in [-0.15, -0.1) is 0 Å². The molecule has 0 saturated carbocycles. The van der Waals surface area contributed by atoms with Gasteiger partial charge in [-0.1, -0.05) is 12.1 Å². The number of fused-ring (bicyclic) bond motifs is 1. The molecule has 2 saturated heterocycles. The topological polar surface area (TPSA) is 49.8 Å². The molecule has 1 N–H and O–H groups in total. The Morgan fingerprint density at radius 3 is 2.80 bits per heavy atom. The van der Waals surface area contributed by atoms with E-state index in [2.05, 4.69) is 4.90 Å². The summed E-state index contributed by atoms with van der Waals surface area (Å²) >= 11 is 0. The molecular formula is C16H21NO3. The van der Waals surface area contributed by atoms with Crippen LogP contribution in [-0.2, 0) is 4.79 Å². The van der Waals surface area contributed by atoms with Gasteiger partial charge in [-0.2, -0.15) is 0 Å². The summed E-state index contributed by atoms with van der Waals surface area (Å²) in [5.74, 6) is 0.414. The highest BCUT2D eigenvalue weighted by Gasteiger charge is 2.37. The van der Waals surface area contributed by atoms with Crippen LogP contribution >= 0.6 is 0 Å². The first kappa shape index (κ1) is 13.6. The molecule has 0 radical (unpaired) electrons. The van der Waals surface area contributed by atoms with Gasteiger partial charge in [0.25, 0.3) is 0 Å². The van der Waals surface area contributed by atoms with E-state index in [-0.39, 0.29) is 18.0 Å². The number of nitrogens with zero attached hydrogens (tertiary/aromatic N) is 1. The predicted octanol–water partition coefficient (Wildman–Crippen LogP) is 1.92. The van der Waals surface area contributed by atoms with E-state index >= 15 is 0 Å². The SMILES string of the molecule is CC(=O)Oc1ccc([C@H]2CN3CCC[C@@H]3C[C@H]2O)cc1. The highest BCUT2D eigenvalue weighted by atomic mass is 16.5. The standard InChI is InChI=1S/C16H21NO3/c1-11(18)20-14-6-4-12(5-7-14)15-10-17-8-2-3-13(17)9-16(15)19/h4-7,13,15-16,19H,2-3,8-10H2,1H3/t13-,15-,16-/m1/s1. The second-order valence-electron chi connectivity index (χ2n) is 5.86. The number of piperidine rings is 1. The maximum Gasteiger partial charge on any atom is 0.308 e. The number of benzene rings is 1. The molecule has 20 heavy (non-hydrogen) atoms. The fourth-order valence-electron chi connectivity index (χ4n) is 3.50. The normalized spacial score (nSPS) is 30.0. The van der Waals surface area contributed by atoms with Crippen molar-refractivity contribution >= 4 is 5.97 Å². The number of ether oxygens (including phenoxy) is 1. The Morgan fingerprint density at radius 2 is 2.10 bits per heavy atom. The molecule has 2 aliphatic heterocycles. The Balaban J connectivity index is 1.73. The minimum atomic E-state index is -0.310. The summed E-state index contributed by atoms with van der Waals surface area (Å²) < 4.78 is 5.04. The van der Waals surface area contributed by atoms with E-state index in [9.17, 15) is 9.90 Å². The molecule has 3 atom stereocenters. The summed E-state index contributed by atoms with van der Waals surface area (Å²) in [7, 11) is 0. The van der Waals surface area contributed by atoms with Gasteiger partial charge in [0.15, 0.2) is 0 Å². The maximum absolute atomic E-state index is 10.9. The Labute approximate surface area is 119 Å². The molecule has 4 heteroatoms. The Morgan fingerprint density at radius 1 is 1.35 bits per heavy atom. The van der Waals surface area contributed by atoms with Crippen LogP contribution in [0.25, 0.3) is 0 Å². The molecule has 0 bridgehead atoms. The third-order valence-electron chi connectivity index (χ3n) is 4.48. The summed E-state index contributed by atoms with van der Waals surface area (Å²) in [5.41, 5.74) is 1.12. The van der Waals surface area contributed by atoms with Crippen LogP contribution in [0.2, 0.25) is 0 Å². The number of esters is 1. The zero-order valence-electron chi connectivity index (χ0n) is 11.8. The lowest BCUT2D eigenvalue weighted by molar-refractivity contribution is -0.131. The first-order valence-electron chi connectivity index (χ1n) is 7.34. The monoisotopic (exact) mass is 275 g/mol. The number of aliphatic hydroxyl groups excluding tert-OH is 1. The van der Waals surface area contributed by atoms with Crippen molar-refractivity contribution in [1.82, 2.24) is 4.90 Å². The van der Waals surface area contributed by atoms with E-state index in [4.69, 9.17) is 4.74 Å². The van der Waals surface area contributed by atoms with Crippen molar-refractivity contribution in [3.05, 3.63) is 29.8 Å². The summed E-state index contributed by atoms with van der Waals surface area (Å²) in [6.07, 6.45) is 3.06. The first-order chi connectivity index (χ1) is 9.63. The lowest BCUT2D eigenvalue weighted by atomic mass is 9.85. The van der Waals surface area contributed by atoms with E-state index in [0.717, 1.165) is 25.1 Å². The van der Waals surface area contributed by atoms with Crippen molar-refractivity contribution in [2.75, 3.05) is 13.1 Å². The van der Waals surface area contributed by atoms with Crippen molar-refractivity contribution in [1.29, 1.82) is 0 Å². The molecular weight excluding hydrogens is 254 g/mol. The molecule has 0 unspecified atom stereocenters. The average molecular weight is 275 g/mol. The van der Waals surface area contributed by atoms with E-state index < -0.39 is 0 Å². The molecule has 2 heterocycles. The fraction of sp³-hybridized carbons (Fsp3) is 0.562. The van der Waals surface area contributed by atoms with E-state index in [1.807, 2.05) is 12.1 Å². The summed E-state index contributed by atoms with van der Waals surface area (Å²) in [5, 5.41) is 10.4. The van der Waals surface area contributed by atoms with Crippen molar-refractivity contribution in [3.63, 3.8) is 0 Å². The van der Waals surface area contributed by atoms with Crippen LogP contribution in [0.5, 0.6) is 5.75 Å². The third kappa shape index (κ3) is 2.72. The maximum atomic E-state index is 10.9.